The lowest BCUT2D eigenvalue weighted by atomic mass is 9.80. The number of benzene rings is 1. The molecule has 0 radical (unpaired) electrons. The number of nitrogens with zero attached hydrogens (tertiary/aromatic N) is 1. The smallest absolute Gasteiger partial charge is 0.191 e. The van der Waals surface area contributed by atoms with Crippen molar-refractivity contribution >= 4 is 41.7 Å². The van der Waals surface area contributed by atoms with Crippen molar-refractivity contribution in [2.75, 3.05) is 19.8 Å². The van der Waals surface area contributed by atoms with Crippen molar-refractivity contribution in [2.24, 2.45) is 4.99 Å². The van der Waals surface area contributed by atoms with Gasteiger partial charge in [-0.15, -0.1) is 35.7 Å². The molecule has 0 spiro atoms. The van der Waals surface area contributed by atoms with Gasteiger partial charge >= 0.3 is 0 Å². The topological polar surface area (TPSA) is 56.7 Å². The Balaban J connectivity index is 0.00000242. The number of aliphatic hydroxyl groups is 1. The molecule has 0 atom stereocenters. The van der Waals surface area contributed by atoms with Crippen LogP contribution in [0.25, 0.3) is 0 Å². The average Bonchev–Trinajstić information content (AvgIpc) is 2.45. The number of guanidine groups is 1. The van der Waals surface area contributed by atoms with Crippen LogP contribution >= 0.6 is 35.7 Å². The van der Waals surface area contributed by atoms with Crippen LogP contribution < -0.4 is 10.6 Å². The van der Waals surface area contributed by atoms with Gasteiger partial charge in [0.1, 0.15) is 5.82 Å². The van der Waals surface area contributed by atoms with Gasteiger partial charge in [-0.25, -0.2) is 4.39 Å². The summed E-state index contributed by atoms with van der Waals surface area (Å²) in [6, 6.07) is 4.78. The van der Waals surface area contributed by atoms with Gasteiger partial charge in [0.2, 0.25) is 0 Å². The highest BCUT2D eigenvalue weighted by molar-refractivity contribution is 14.0. The van der Waals surface area contributed by atoms with Gasteiger partial charge in [-0.1, -0.05) is 0 Å². The molecule has 1 aromatic carbocycles. The Bertz CT molecular complexity index is 524. The number of hydrogen-bond donors (Lipinski definition) is 3. The molecule has 0 bridgehead atoms. The summed E-state index contributed by atoms with van der Waals surface area (Å²) in [7, 11) is 1.68. The van der Waals surface area contributed by atoms with Crippen LogP contribution in [0.5, 0.6) is 0 Å². The molecule has 1 aliphatic carbocycles. The van der Waals surface area contributed by atoms with Gasteiger partial charge in [0.05, 0.1) is 5.60 Å². The van der Waals surface area contributed by atoms with Crippen LogP contribution in [0.2, 0.25) is 0 Å². The Hall–Kier alpha value is -0.540. The summed E-state index contributed by atoms with van der Waals surface area (Å²) in [5.41, 5.74) is 0.300. The van der Waals surface area contributed by atoms with Crippen LogP contribution in [-0.2, 0) is 6.54 Å². The third-order valence-corrected chi connectivity index (χ3v) is 4.62. The second-order valence-corrected chi connectivity index (χ2v) is 6.16. The van der Waals surface area contributed by atoms with Gasteiger partial charge < -0.3 is 15.7 Å². The maximum absolute atomic E-state index is 13.3. The molecule has 22 heavy (non-hydrogen) atoms. The summed E-state index contributed by atoms with van der Waals surface area (Å²) >= 11 is 1.59. The Kier molecular flexibility index (Phi) is 7.92. The monoisotopic (exact) mass is 439 g/mol. The highest BCUT2D eigenvalue weighted by atomic mass is 127. The molecule has 0 aromatic heterocycles. The van der Waals surface area contributed by atoms with Gasteiger partial charge in [0, 0.05) is 25.0 Å². The fourth-order valence-electron chi connectivity index (χ4n) is 2.29. The van der Waals surface area contributed by atoms with E-state index in [0.29, 0.717) is 19.0 Å². The van der Waals surface area contributed by atoms with Gasteiger partial charge in [-0.05, 0) is 49.3 Å². The van der Waals surface area contributed by atoms with Crippen molar-refractivity contribution in [3.63, 3.8) is 0 Å². The first-order valence-electron chi connectivity index (χ1n) is 7.06. The molecule has 1 aliphatic rings. The van der Waals surface area contributed by atoms with Gasteiger partial charge in [-0.2, -0.15) is 0 Å². The fourth-order valence-corrected chi connectivity index (χ4v) is 2.89. The van der Waals surface area contributed by atoms with Crippen LogP contribution in [0.3, 0.4) is 0 Å². The number of aliphatic imine (C=N–C) groups is 1. The fraction of sp³-hybridized carbons (Fsp3) is 0.533. The minimum absolute atomic E-state index is 0. The Morgan fingerprint density at radius 3 is 2.68 bits per heavy atom. The van der Waals surface area contributed by atoms with Crippen LogP contribution in [0.4, 0.5) is 4.39 Å². The largest absolute Gasteiger partial charge is 0.388 e. The van der Waals surface area contributed by atoms with Gasteiger partial charge in [0.15, 0.2) is 5.96 Å². The predicted molar refractivity (Wildman–Crippen MR) is 101 cm³/mol. The predicted octanol–water partition coefficient (Wildman–Crippen LogP) is 2.75. The van der Waals surface area contributed by atoms with E-state index in [9.17, 15) is 9.50 Å². The van der Waals surface area contributed by atoms with Crippen molar-refractivity contribution in [1.29, 1.82) is 0 Å². The molecule has 4 nitrogen and oxygen atoms in total. The first kappa shape index (κ1) is 19.5. The first-order valence-corrected chi connectivity index (χ1v) is 8.28. The summed E-state index contributed by atoms with van der Waals surface area (Å²) in [5.74, 6) is 0.378. The first-order chi connectivity index (χ1) is 10.1. The van der Waals surface area contributed by atoms with Crippen molar-refractivity contribution in [3.05, 3.63) is 29.6 Å². The normalized spacial score (nSPS) is 16.5. The highest BCUT2D eigenvalue weighted by Crippen LogP contribution is 2.30. The van der Waals surface area contributed by atoms with E-state index < -0.39 is 5.60 Å². The Morgan fingerprint density at radius 2 is 2.14 bits per heavy atom. The van der Waals surface area contributed by atoms with Crippen molar-refractivity contribution in [1.82, 2.24) is 10.6 Å². The van der Waals surface area contributed by atoms with Crippen molar-refractivity contribution < 1.29 is 9.50 Å². The molecule has 124 valence electrons. The van der Waals surface area contributed by atoms with E-state index in [1.54, 1.807) is 24.9 Å². The summed E-state index contributed by atoms with van der Waals surface area (Å²) in [6.45, 7) is 0.983. The molecule has 1 fully saturated rings. The summed E-state index contributed by atoms with van der Waals surface area (Å²) < 4.78 is 13.3. The average molecular weight is 439 g/mol. The van der Waals surface area contributed by atoms with E-state index in [0.717, 1.165) is 29.7 Å². The lowest BCUT2D eigenvalue weighted by Gasteiger charge is -2.37. The van der Waals surface area contributed by atoms with Crippen LogP contribution in [0.15, 0.2) is 28.1 Å². The highest BCUT2D eigenvalue weighted by Gasteiger charge is 2.34. The molecule has 0 aliphatic heterocycles. The summed E-state index contributed by atoms with van der Waals surface area (Å²) in [5, 5.41) is 16.3. The lowest BCUT2D eigenvalue weighted by molar-refractivity contribution is -0.0279. The van der Waals surface area contributed by atoms with E-state index >= 15 is 0 Å². The van der Waals surface area contributed by atoms with Crippen LogP contribution in [0.1, 0.15) is 24.8 Å². The summed E-state index contributed by atoms with van der Waals surface area (Å²) in [6.07, 6.45) is 4.70. The third kappa shape index (κ3) is 5.27. The second-order valence-electron chi connectivity index (χ2n) is 5.31. The minimum Gasteiger partial charge on any atom is -0.388 e. The number of hydrogen-bond acceptors (Lipinski definition) is 3. The van der Waals surface area contributed by atoms with Gasteiger partial charge in [0.25, 0.3) is 0 Å². The molecule has 7 heteroatoms. The quantitative estimate of drug-likeness (QED) is 0.286. The second kappa shape index (κ2) is 8.93. The number of rotatable bonds is 5. The van der Waals surface area contributed by atoms with Crippen molar-refractivity contribution in [3.8, 4) is 0 Å². The number of halogens is 2. The molecule has 1 aromatic rings. The Morgan fingerprint density at radius 1 is 1.41 bits per heavy atom. The van der Waals surface area contributed by atoms with E-state index in [1.165, 1.54) is 12.1 Å². The molecule has 0 heterocycles. The zero-order chi connectivity index (χ0) is 15.3. The van der Waals surface area contributed by atoms with Crippen LogP contribution in [-0.4, -0.2) is 36.5 Å². The standard InChI is InChI=1S/C15H22FN3OS.HI/c1-17-14(19-10-15(20)6-3-7-15)18-9-11-8-12(16)4-5-13(11)21-2;/h4-5,8,20H,3,6-7,9-10H2,1-2H3,(H2,17,18,19);1H. The SMILES string of the molecule is CN=C(NCc1cc(F)ccc1SC)NCC1(O)CCC1.I. The zero-order valence-electron chi connectivity index (χ0n) is 12.9. The van der Waals surface area contributed by atoms with Crippen molar-refractivity contribution in [2.45, 2.75) is 36.3 Å². The summed E-state index contributed by atoms with van der Waals surface area (Å²) in [4.78, 5) is 5.16. The molecule has 1 saturated carbocycles. The maximum Gasteiger partial charge on any atom is 0.191 e. The van der Waals surface area contributed by atoms with E-state index in [2.05, 4.69) is 15.6 Å². The van der Waals surface area contributed by atoms with Crippen LogP contribution in [0, 0.1) is 5.82 Å². The Labute approximate surface area is 152 Å². The lowest BCUT2D eigenvalue weighted by Crippen LogP contribution is -2.50. The molecule has 0 amide bonds. The number of nitrogens with one attached hydrogen (secondary N) is 2. The molecular formula is C15H23FIN3OS. The van der Waals surface area contributed by atoms with E-state index in [-0.39, 0.29) is 29.8 Å². The molecule has 0 unspecified atom stereocenters. The zero-order valence-corrected chi connectivity index (χ0v) is 16.0. The molecule has 0 saturated heterocycles. The third-order valence-electron chi connectivity index (χ3n) is 3.78. The van der Waals surface area contributed by atoms with Gasteiger partial charge in [-0.3, -0.25) is 4.99 Å². The van der Waals surface area contributed by atoms with E-state index in [4.69, 9.17) is 0 Å². The van der Waals surface area contributed by atoms with E-state index in [1.807, 2.05) is 6.26 Å². The molecular weight excluding hydrogens is 416 g/mol. The number of thioether (sulfide) groups is 1. The molecule has 3 N–H and O–H groups in total. The molecule has 2 rings (SSSR count). The minimum atomic E-state index is -0.596. The maximum atomic E-state index is 13.3.